The third-order valence-corrected chi connectivity index (χ3v) is 6.70. The number of benzene rings is 2. The normalized spacial score (nSPS) is 11.0. The van der Waals surface area contributed by atoms with Gasteiger partial charge < -0.3 is 4.74 Å². The quantitative estimate of drug-likeness (QED) is 0.565. The molecule has 2 aromatic carbocycles. The molecule has 3 rings (SSSR count). The Hall–Kier alpha value is -2.98. The van der Waals surface area contributed by atoms with Crippen LogP contribution < -0.4 is 14.4 Å². The number of aromatic nitrogens is 2. The molecule has 1 aromatic heterocycles. The number of sulfonamides is 1. The Morgan fingerprint density at radius 3 is 2.36 bits per heavy atom. The minimum atomic E-state index is -3.88. The molecule has 0 spiro atoms. The van der Waals surface area contributed by atoms with Gasteiger partial charge in [0.15, 0.2) is 6.61 Å². The number of carbonyl (C=O) groups excluding carboxylic acids is 1. The molecular weight excluding hydrogens is 400 g/mol. The molecule has 0 unspecified atom stereocenters. The van der Waals surface area contributed by atoms with Crippen molar-refractivity contribution in [2.24, 2.45) is 0 Å². The van der Waals surface area contributed by atoms with Gasteiger partial charge in [-0.1, -0.05) is 47.7 Å². The number of rotatable bonds is 8. The standard InChI is InChI=1S/C18H18N4O4S2/c1-2-22(14-9-5-3-6-10-14)28(24,25)18-21-20-17(27-18)19-16(23)13-26-15-11-7-4-8-12-15/h3-12H,2,13H2,1H3,(H,19,20,23). The Balaban J connectivity index is 1.68. The molecule has 0 radical (unpaired) electrons. The zero-order chi connectivity index (χ0) is 20.0. The molecule has 0 fully saturated rings. The van der Waals surface area contributed by atoms with Crippen molar-refractivity contribution in [1.82, 2.24) is 10.2 Å². The van der Waals surface area contributed by atoms with E-state index in [2.05, 4.69) is 15.5 Å². The lowest BCUT2D eigenvalue weighted by molar-refractivity contribution is -0.118. The van der Waals surface area contributed by atoms with E-state index in [9.17, 15) is 13.2 Å². The smallest absolute Gasteiger partial charge is 0.293 e. The monoisotopic (exact) mass is 418 g/mol. The van der Waals surface area contributed by atoms with Crippen molar-refractivity contribution < 1.29 is 17.9 Å². The molecule has 3 aromatic rings. The molecule has 10 heteroatoms. The van der Waals surface area contributed by atoms with Gasteiger partial charge in [-0.05, 0) is 31.2 Å². The van der Waals surface area contributed by atoms with Crippen LogP contribution in [0, 0.1) is 0 Å². The lowest BCUT2D eigenvalue weighted by Crippen LogP contribution is -2.30. The molecule has 146 valence electrons. The van der Waals surface area contributed by atoms with Gasteiger partial charge in [-0.15, -0.1) is 10.2 Å². The summed E-state index contributed by atoms with van der Waals surface area (Å²) in [7, 11) is -3.88. The predicted molar refractivity (Wildman–Crippen MR) is 107 cm³/mol. The highest BCUT2D eigenvalue weighted by Crippen LogP contribution is 2.27. The molecule has 28 heavy (non-hydrogen) atoms. The van der Waals surface area contributed by atoms with Crippen LogP contribution in [-0.2, 0) is 14.8 Å². The summed E-state index contributed by atoms with van der Waals surface area (Å²) in [6.45, 7) is 1.74. The highest BCUT2D eigenvalue weighted by atomic mass is 32.2. The van der Waals surface area contributed by atoms with Gasteiger partial charge in [0, 0.05) is 6.54 Å². The highest BCUT2D eigenvalue weighted by Gasteiger charge is 2.28. The Morgan fingerprint density at radius 1 is 1.07 bits per heavy atom. The molecule has 0 atom stereocenters. The number of nitrogens with zero attached hydrogens (tertiary/aromatic N) is 3. The first kappa shape index (κ1) is 19.8. The van der Waals surface area contributed by atoms with Crippen molar-refractivity contribution in [3.05, 3.63) is 60.7 Å². The van der Waals surface area contributed by atoms with Crippen molar-refractivity contribution in [3.8, 4) is 5.75 Å². The fourth-order valence-corrected chi connectivity index (χ4v) is 4.86. The summed E-state index contributed by atoms with van der Waals surface area (Å²) in [4.78, 5) is 12.0. The zero-order valence-corrected chi connectivity index (χ0v) is 16.6. The third-order valence-electron chi connectivity index (χ3n) is 3.61. The Labute approximate surface area is 166 Å². The minimum Gasteiger partial charge on any atom is -0.484 e. The maximum absolute atomic E-state index is 12.9. The average Bonchev–Trinajstić information content (AvgIpc) is 3.18. The van der Waals surface area contributed by atoms with Crippen LogP contribution in [0.3, 0.4) is 0 Å². The summed E-state index contributed by atoms with van der Waals surface area (Å²) >= 11 is 0.789. The van der Waals surface area contributed by atoms with Gasteiger partial charge in [0.25, 0.3) is 20.3 Å². The Kier molecular flexibility index (Phi) is 6.22. The summed E-state index contributed by atoms with van der Waals surface area (Å²) in [6, 6.07) is 17.6. The number of nitrogens with one attached hydrogen (secondary N) is 1. The van der Waals surface area contributed by atoms with Gasteiger partial charge in [-0.3, -0.25) is 14.4 Å². The van der Waals surface area contributed by atoms with E-state index in [-0.39, 0.29) is 22.6 Å². The maximum Gasteiger partial charge on any atom is 0.293 e. The number of para-hydroxylation sites is 2. The zero-order valence-electron chi connectivity index (χ0n) is 15.0. The summed E-state index contributed by atoms with van der Waals surface area (Å²) in [5.74, 6) is 0.0963. The summed E-state index contributed by atoms with van der Waals surface area (Å²) in [5.41, 5.74) is 0.530. The lowest BCUT2D eigenvalue weighted by Gasteiger charge is -2.20. The molecule has 0 bridgehead atoms. The Morgan fingerprint density at radius 2 is 1.71 bits per heavy atom. The Bertz CT molecular complexity index is 1020. The van der Waals surface area contributed by atoms with Crippen LogP contribution in [0.4, 0.5) is 10.8 Å². The van der Waals surface area contributed by atoms with E-state index in [1.54, 1.807) is 61.5 Å². The van der Waals surface area contributed by atoms with Gasteiger partial charge in [-0.25, -0.2) is 0 Å². The number of hydrogen-bond donors (Lipinski definition) is 1. The van der Waals surface area contributed by atoms with Crippen LogP contribution in [-0.4, -0.2) is 37.7 Å². The topological polar surface area (TPSA) is 101 Å². The summed E-state index contributed by atoms with van der Waals surface area (Å²) in [6.07, 6.45) is 0. The van der Waals surface area contributed by atoms with Crippen molar-refractivity contribution in [2.45, 2.75) is 11.3 Å². The van der Waals surface area contributed by atoms with Gasteiger partial charge >= 0.3 is 0 Å². The molecule has 1 N–H and O–H groups in total. The van der Waals surface area contributed by atoms with Crippen molar-refractivity contribution >= 4 is 38.1 Å². The molecule has 0 aliphatic heterocycles. The first-order chi connectivity index (χ1) is 13.5. The number of ether oxygens (including phenoxy) is 1. The van der Waals surface area contributed by atoms with Crippen molar-refractivity contribution in [3.63, 3.8) is 0 Å². The number of amides is 1. The fraction of sp³-hybridized carbons (Fsp3) is 0.167. The SMILES string of the molecule is CCN(c1ccccc1)S(=O)(=O)c1nnc(NC(=O)COc2ccccc2)s1. The second-order valence-electron chi connectivity index (χ2n) is 5.53. The third kappa shape index (κ3) is 4.65. The lowest BCUT2D eigenvalue weighted by atomic mass is 10.3. The summed E-state index contributed by atoms with van der Waals surface area (Å²) < 4.78 is 32.1. The van der Waals surface area contributed by atoms with E-state index in [0.29, 0.717) is 11.4 Å². The molecule has 0 saturated carbocycles. The van der Waals surface area contributed by atoms with E-state index in [1.165, 1.54) is 4.31 Å². The fourth-order valence-electron chi connectivity index (χ4n) is 2.37. The van der Waals surface area contributed by atoms with Gasteiger partial charge in [0.1, 0.15) is 5.75 Å². The second kappa shape index (κ2) is 8.81. The minimum absolute atomic E-state index is 0.0874. The van der Waals surface area contributed by atoms with Crippen LogP contribution in [0.5, 0.6) is 5.75 Å². The molecule has 8 nitrogen and oxygen atoms in total. The van der Waals surface area contributed by atoms with Crippen LogP contribution in [0.2, 0.25) is 0 Å². The van der Waals surface area contributed by atoms with Crippen LogP contribution in [0.15, 0.2) is 65.0 Å². The first-order valence-corrected chi connectivity index (χ1v) is 10.7. The van der Waals surface area contributed by atoms with Crippen LogP contribution in [0.25, 0.3) is 0 Å². The van der Waals surface area contributed by atoms with Gasteiger partial charge in [0.2, 0.25) is 5.13 Å². The summed E-state index contributed by atoms with van der Waals surface area (Å²) in [5, 5.41) is 10.1. The molecule has 1 heterocycles. The maximum atomic E-state index is 12.9. The average molecular weight is 419 g/mol. The second-order valence-corrected chi connectivity index (χ2v) is 8.54. The molecule has 1 amide bonds. The van der Waals surface area contributed by atoms with E-state index in [1.807, 2.05) is 6.07 Å². The number of carbonyl (C=O) groups is 1. The number of anilines is 2. The van der Waals surface area contributed by atoms with Crippen LogP contribution in [0.1, 0.15) is 6.92 Å². The van der Waals surface area contributed by atoms with Crippen molar-refractivity contribution in [2.75, 3.05) is 22.8 Å². The van der Waals surface area contributed by atoms with Crippen LogP contribution >= 0.6 is 11.3 Å². The molecular formula is C18H18N4O4S2. The number of hydrogen-bond acceptors (Lipinski definition) is 7. The molecule has 0 aliphatic carbocycles. The first-order valence-electron chi connectivity index (χ1n) is 8.39. The van der Waals surface area contributed by atoms with E-state index >= 15 is 0 Å². The molecule has 0 aliphatic rings. The van der Waals surface area contributed by atoms with E-state index in [0.717, 1.165) is 11.3 Å². The molecule has 0 saturated heterocycles. The highest BCUT2D eigenvalue weighted by molar-refractivity contribution is 7.94. The van der Waals surface area contributed by atoms with E-state index < -0.39 is 15.9 Å². The van der Waals surface area contributed by atoms with Gasteiger partial charge in [0.05, 0.1) is 5.69 Å². The largest absolute Gasteiger partial charge is 0.484 e. The van der Waals surface area contributed by atoms with Crippen molar-refractivity contribution in [1.29, 1.82) is 0 Å². The van der Waals surface area contributed by atoms with Gasteiger partial charge in [-0.2, -0.15) is 8.42 Å². The predicted octanol–water partition coefficient (Wildman–Crippen LogP) is 2.77. The van der Waals surface area contributed by atoms with E-state index in [4.69, 9.17) is 4.74 Å².